The van der Waals surface area contributed by atoms with E-state index in [1.807, 2.05) is 20.8 Å². The van der Waals surface area contributed by atoms with Crippen molar-refractivity contribution in [1.82, 2.24) is 20.2 Å². The van der Waals surface area contributed by atoms with Crippen LogP contribution in [0, 0.1) is 0 Å². The van der Waals surface area contributed by atoms with Crippen LogP contribution in [0.25, 0.3) is 0 Å². The van der Waals surface area contributed by atoms with Crippen molar-refractivity contribution in [2.75, 3.05) is 6.54 Å². The van der Waals surface area contributed by atoms with Crippen molar-refractivity contribution in [3.05, 3.63) is 5.82 Å². The second-order valence-electron chi connectivity index (χ2n) is 4.28. The molecule has 0 fully saturated rings. The zero-order valence-electron chi connectivity index (χ0n) is 8.98. The second-order valence-corrected chi connectivity index (χ2v) is 4.28. The van der Waals surface area contributed by atoms with Gasteiger partial charge in [-0.25, -0.2) is 8.78 Å². The largest absolute Gasteiger partial charge is 0.330 e. The van der Waals surface area contributed by atoms with Crippen molar-refractivity contribution in [2.45, 2.75) is 38.7 Å². The summed E-state index contributed by atoms with van der Waals surface area (Å²) in [6.07, 6.45) is -2.56. The molecule has 1 unspecified atom stereocenters. The first-order valence-corrected chi connectivity index (χ1v) is 4.65. The molecule has 1 atom stereocenters. The van der Waals surface area contributed by atoms with E-state index in [-0.39, 0.29) is 17.9 Å². The summed E-state index contributed by atoms with van der Waals surface area (Å²) in [5, 5.41) is 11.2. The Labute approximate surface area is 86.6 Å². The molecule has 5 nitrogen and oxygen atoms in total. The molecule has 0 amide bonds. The zero-order chi connectivity index (χ0) is 11.6. The molecule has 0 saturated carbocycles. The van der Waals surface area contributed by atoms with Gasteiger partial charge in [0.2, 0.25) is 6.43 Å². The van der Waals surface area contributed by atoms with E-state index in [1.165, 1.54) is 4.80 Å². The van der Waals surface area contributed by atoms with E-state index in [9.17, 15) is 8.78 Å². The van der Waals surface area contributed by atoms with Crippen LogP contribution in [0.4, 0.5) is 8.78 Å². The lowest BCUT2D eigenvalue weighted by Crippen LogP contribution is -2.26. The summed E-state index contributed by atoms with van der Waals surface area (Å²) in [6, 6.07) is 0. The van der Waals surface area contributed by atoms with E-state index in [2.05, 4.69) is 15.4 Å². The van der Waals surface area contributed by atoms with Crippen molar-refractivity contribution >= 4 is 0 Å². The third-order valence-electron chi connectivity index (χ3n) is 1.92. The van der Waals surface area contributed by atoms with Crippen LogP contribution in [0.5, 0.6) is 0 Å². The Kier molecular flexibility index (Phi) is 3.33. The van der Waals surface area contributed by atoms with Gasteiger partial charge in [-0.05, 0) is 26.0 Å². The Balaban J connectivity index is 2.92. The molecule has 0 aromatic carbocycles. The van der Waals surface area contributed by atoms with Gasteiger partial charge in [-0.2, -0.15) is 4.80 Å². The van der Waals surface area contributed by atoms with Crippen LogP contribution in [0.15, 0.2) is 0 Å². The first-order valence-electron chi connectivity index (χ1n) is 4.65. The fourth-order valence-electron chi connectivity index (χ4n) is 0.979. The third-order valence-corrected chi connectivity index (χ3v) is 1.92. The van der Waals surface area contributed by atoms with Gasteiger partial charge in [0.15, 0.2) is 5.82 Å². The summed E-state index contributed by atoms with van der Waals surface area (Å²) in [5.41, 5.74) is 4.86. The van der Waals surface area contributed by atoms with Gasteiger partial charge in [-0.1, -0.05) is 0 Å². The SMILES string of the molecule is CC(C)(C)n1nnc(C(CN)C(F)F)n1. The van der Waals surface area contributed by atoms with E-state index in [1.54, 1.807) is 0 Å². The molecule has 86 valence electrons. The lowest BCUT2D eigenvalue weighted by Gasteiger charge is -2.15. The zero-order valence-corrected chi connectivity index (χ0v) is 8.98. The highest BCUT2D eigenvalue weighted by atomic mass is 19.3. The number of halogens is 2. The summed E-state index contributed by atoms with van der Waals surface area (Å²) in [6.45, 7) is 5.39. The fraction of sp³-hybridized carbons (Fsp3) is 0.875. The van der Waals surface area contributed by atoms with Crippen LogP contribution >= 0.6 is 0 Å². The average Bonchev–Trinajstić information content (AvgIpc) is 2.52. The van der Waals surface area contributed by atoms with Crippen LogP contribution in [-0.4, -0.2) is 33.2 Å². The Morgan fingerprint density at radius 2 is 2.00 bits per heavy atom. The van der Waals surface area contributed by atoms with Gasteiger partial charge < -0.3 is 5.73 Å². The number of nitrogens with zero attached hydrogens (tertiary/aromatic N) is 4. The molecule has 0 aliphatic rings. The molecular weight excluding hydrogens is 204 g/mol. The summed E-state index contributed by atoms with van der Waals surface area (Å²) in [7, 11) is 0. The number of hydrogen-bond acceptors (Lipinski definition) is 4. The van der Waals surface area contributed by atoms with Crippen LogP contribution in [-0.2, 0) is 5.54 Å². The number of nitrogens with two attached hydrogens (primary N) is 1. The van der Waals surface area contributed by atoms with Gasteiger partial charge in [-0.3, -0.25) is 0 Å². The highest BCUT2D eigenvalue weighted by Crippen LogP contribution is 2.19. The van der Waals surface area contributed by atoms with E-state index >= 15 is 0 Å². The van der Waals surface area contributed by atoms with E-state index in [4.69, 9.17) is 5.73 Å². The topological polar surface area (TPSA) is 69.6 Å². The number of aromatic nitrogens is 4. The highest BCUT2D eigenvalue weighted by Gasteiger charge is 2.27. The van der Waals surface area contributed by atoms with Gasteiger partial charge in [0.1, 0.15) is 0 Å². The van der Waals surface area contributed by atoms with Crippen molar-refractivity contribution in [3.63, 3.8) is 0 Å². The highest BCUT2D eigenvalue weighted by molar-refractivity contribution is 4.94. The Bertz CT molecular complexity index is 317. The van der Waals surface area contributed by atoms with Crippen molar-refractivity contribution in [1.29, 1.82) is 0 Å². The standard InChI is InChI=1S/C8H15F2N5/c1-8(2,3)15-13-7(12-14-15)5(4-11)6(9)10/h5-6H,4,11H2,1-3H3. The lowest BCUT2D eigenvalue weighted by molar-refractivity contribution is 0.113. The molecule has 0 saturated heterocycles. The smallest absolute Gasteiger partial charge is 0.249 e. The van der Waals surface area contributed by atoms with E-state index in [0.717, 1.165) is 0 Å². The molecule has 0 aliphatic carbocycles. The monoisotopic (exact) mass is 219 g/mol. The minimum Gasteiger partial charge on any atom is -0.330 e. The maximum atomic E-state index is 12.5. The minimum absolute atomic E-state index is 0.00225. The van der Waals surface area contributed by atoms with Crippen LogP contribution < -0.4 is 5.73 Å². The molecule has 1 aromatic heterocycles. The van der Waals surface area contributed by atoms with Gasteiger partial charge >= 0.3 is 0 Å². The van der Waals surface area contributed by atoms with Gasteiger partial charge in [-0.15, -0.1) is 10.2 Å². The van der Waals surface area contributed by atoms with Crippen molar-refractivity contribution in [2.24, 2.45) is 5.73 Å². The molecule has 0 bridgehead atoms. The molecule has 15 heavy (non-hydrogen) atoms. The van der Waals surface area contributed by atoms with Crippen molar-refractivity contribution < 1.29 is 8.78 Å². The summed E-state index contributed by atoms with van der Waals surface area (Å²) in [4.78, 5) is 1.31. The quantitative estimate of drug-likeness (QED) is 0.813. The third kappa shape index (κ3) is 2.68. The van der Waals surface area contributed by atoms with Crippen LogP contribution in [0.2, 0.25) is 0 Å². The summed E-state index contributed by atoms with van der Waals surface area (Å²) in [5.74, 6) is -1.14. The summed E-state index contributed by atoms with van der Waals surface area (Å²) >= 11 is 0. The fourth-order valence-corrected chi connectivity index (χ4v) is 0.979. The first kappa shape index (κ1) is 12.0. The van der Waals surface area contributed by atoms with Gasteiger partial charge in [0, 0.05) is 6.54 Å². The second kappa shape index (κ2) is 4.18. The molecule has 0 aliphatic heterocycles. The first-order chi connectivity index (χ1) is 6.86. The normalized spacial score (nSPS) is 14.6. The number of hydrogen-bond donors (Lipinski definition) is 1. The molecular formula is C8H15F2N5. The molecule has 2 N–H and O–H groups in total. The molecule has 0 spiro atoms. The minimum atomic E-state index is -2.56. The molecule has 0 radical (unpaired) electrons. The predicted octanol–water partition coefficient (Wildman–Crippen LogP) is 0.736. The van der Waals surface area contributed by atoms with Crippen LogP contribution in [0.3, 0.4) is 0 Å². The molecule has 1 aromatic rings. The number of tetrazole rings is 1. The maximum Gasteiger partial charge on any atom is 0.249 e. The Morgan fingerprint density at radius 1 is 1.40 bits per heavy atom. The van der Waals surface area contributed by atoms with Crippen LogP contribution in [0.1, 0.15) is 32.5 Å². The van der Waals surface area contributed by atoms with E-state index < -0.39 is 12.3 Å². The average molecular weight is 219 g/mol. The lowest BCUT2D eigenvalue weighted by atomic mass is 10.1. The van der Waals surface area contributed by atoms with Gasteiger partial charge in [0.25, 0.3) is 0 Å². The maximum absolute atomic E-state index is 12.5. The molecule has 1 rings (SSSR count). The Morgan fingerprint density at radius 3 is 2.33 bits per heavy atom. The van der Waals surface area contributed by atoms with Crippen molar-refractivity contribution in [3.8, 4) is 0 Å². The molecule has 7 heteroatoms. The predicted molar refractivity (Wildman–Crippen MR) is 50.6 cm³/mol. The van der Waals surface area contributed by atoms with E-state index in [0.29, 0.717) is 0 Å². The summed E-state index contributed by atoms with van der Waals surface area (Å²) < 4.78 is 25.0. The number of rotatable bonds is 3. The van der Waals surface area contributed by atoms with Gasteiger partial charge in [0.05, 0.1) is 11.5 Å². The number of alkyl halides is 2. The molecule has 1 heterocycles. The Hall–Kier alpha value is -1.11.